The number of sulfonamides is 1. The van der Waals surface area contributed by atoms with E-state index in [1.807, 2.05) is 6.92 Å². The van der Waals surface area contributed by atoms with Crippen molar-refractivity contribution < 1.29 is 13.2 Å². The van der Waals surface area contributed by atoms with E-state index < -0.39 is 10.0 Å². The molecule has 1 saturated heterocycles. The van der Waals surface area contributed by atoms with E-state index in [2.05, 4.69) is 10.6 Å². The van der Waals surface area contributed by atoms with Gasteiger partial charge in [0.05, 0.1) is 6.26 Å². The van der Waals surface area contributed by atoms with Gasteiger partial charge in [-0.1, -0.05) is 6.42 Å². The van der Waals surface area contributed by atoms with E-state index in [0.717, 1.165) is 44.9 Å². The Balaban J connectivity index is 1.91. The molecule has 146 valence electrons. The summed E-state index contributed by atoms with van der Waals surface area (Å²) in [7, 11) is -1.39. The quantitative estimate of drug-likeness (QED) is 0.468. The minimum atomic E-state index is -3.13. The average Bonchev–Trinajstić information content (AvgIpc) is 3.00. The van der Waals surface area contributed by atoms with Crippen molar-refractivity contribution in [2.75, 3.05) is 46.2 Å². The standard InChI is InChI=1S/C17H34N4O3S/c1-4-18-16(20-14-17(8-6-9-17)10-12-24-2)19-13-15-7-5-11-21(15)25(3,22)23/h15H,4-14H2,1-3H3,(H2,18,19,20)/t15-/m1/s1. The van der Waals surface area contributed by atoms with E-state index in [-0.39, 0.29) is 11.5 Å². The van der Waals surface area contributed by atoms with Crippen LogP contribution in [-0.2, 0) is 14.8 Å². The first kappa shape index (κ1) is 20.5. The molecule has 8 heteroatoms. The fraction of sp³-hybridized carbons (Fsp3) is 0.941. The molecule has 2 N–H and O–H groups in total. The van der Waals surface area contributed by atoms with Crippen LogP contribution in [0.1, 0.15) is 45.4 Å². The van der Waals surface area contributed by atoms with E-state index in [9.17, 15) is 8.42 Å². The molecule has 0 unspecified atom stereocenters. The highest BCUT2D eigenvalue weighted by molar-refractivity contribution is 7.88. The highest BCUT2D eigenvalue weighted by atomic mass is 32.2. The lowest BCUT2D eigenvalue weighted by atomic mass is 9.67. The van der Waals surface area contributed by atoms with Crippen molar-refractivity contribution in [1.82, 2.24) is 14.9 Å². The van der Waals surface area contributed by atoms with Gasteiger partial charge in [0.25, 0.3) is 0 Å². The van der Waals surface area contributed by atoms with Gasteiger partial charge in [-0.15, -0.1) is 0 Å². The van der Waals surface area contributed by atoms with Crippen molar-refractivity contribution in [2.24, 2.45) is 10.4 Å². The Morgan fingerprint density at radius 2 is 2.08 bits per heavy atom. The van der Waals surface area contributed by atoms with E-state index in [4.69, 9.17) is 9.73 Å². The Bertz CT molecular complexity index is 546. The predicted octanol–water partition coefficient (Wildman–Crippen LogP) is 1.17. The van der Waals surface area contributed by atoms with Gasteiger partial charge in [-0.3, -0.25) is 4.99 Å². The molecule has 1 saturated carbocycles. The molecule has 2 aliphatic rings. The van der Waals surface area contributed by atoms with Gasteiger partial charge in [0.1, 0.15) is 0 Å². The molecule has 1 aliphatic carbocycles. The highest BCUT2D eigenvalue weighted by Gasteiger charge is 2.36. The molecule has 1 heterocycles. The fourth-order valence-corrected chi connectivity index (χ4v) is 4.92. The van der Waals surface area contributed by atoms with Crippen molar-refractivity contribution in [2.45, 2.75) is 51.5 Å². The number of guanidine groups is 1. The molecule has 0 amide bonds. The number of hydrogen-bond acceptors (Lipinski definition) is 4. The number of aliphatic imine (C=N–C) groups is 1. The summed E-state index contributed by atoms with van der Waals surface area (Å²) in [5.74, 6) is 0.784. The molecular formula is C17H34N4O3S. The lowest BCUT2D eigenvalue weighted by Gasteiger charge is -2.40. The molecule has 2 rings (SSSR count). The van der Waals surface area contributed by atoms with Crippen LogP contribution in [0.3, 0.4) is 0 Å². The van der Waals surface area contributed by atoms with Gasteiger partial charge in [0, 0.05) is 45.9 Å². The molecule has 1 atom stereocenters. The molecule has 7 nitrogen and oxygen atoms in total. The minimum absolute atomic E-state index is 0.0185. The lowest BCUT2D eigenvalue weighted by Crippen LogP contribution is -2.46. The van der Waals surface area contributed by atoms with Crippen molar-refractivity contribution in [3.8, 4) is 0 Å². The third-order valence-electron chi connectivity index (χ3n) is 5.42. The van der Waals surface area contributed by atoms with E-state index >= 15 is 0 Å². The Morgan fingerprint density at radius 1 is 1.32 bits per heavy atom. The summed E-state index contributed by atoms with van der Waals surface area (Å²) in [5.41, 5.74) is 0.282. The van der Waals surface area contributed by atoms with Crippen LogP contribution in [0.2, 0.25) is 0 Å². The van der Waals surface area contributed by atoms with Crippen LogP contribution in [0, 0.1) is 5.41 Å². The molecular weight excluding hydrogens is 340 g/mol. The molecule has 0 bridgehead atoms. The van der Waals surface area contributed by atoms with Crippen LogP contribution in [0.5, 0.6) is 0 Å². The number of rotatable bonds is 9. The number of methoxy groups -OCH3 is 1. The van der Waals surface area contributed by atoms with Crippen LogP contribution in [-0.4, -0.2) is 70.9 Å². The Labute approximate surface area is 152 Å². The second kappa shape index (κ2) is 9.19. The van der Waals surface area contributed by atoms with E-state index in [0.29, 0.717) is 13.1 Å². The van der Waals surface area contributed by atoms with E-state index in [1.54, 1.807) is 11.4 Å². The summed E-state index contributed by atoms with van der Waals surface area (Å²) >= 11 is 0. The summed E-state index contributed by atoms with van der Waals surface area (Å²) < 4.78 is 30.6. The van der Waals surface area contributed by atoms with Crippen LogP contribution in [0.15, 0.2) is 4.99 Å². The molecule has 1 aliphatic heterocycles. The number of nitrogens with one attached hydrogen (secondary N) is 2. The van der Waals surface area contributed by atoms with Gasteiger partial charge < -0.3 is 15.4 Å². The third kappa shape index (κ3) is 5.82. The summed E-state index contributed by atoms with van der Waals surface area (Å²) in [6, 6.07) is 0.0185. The zero-order valence-electron chi connectivity index (χ0n) is 15.9. The first-order chi connectivity index (χ1) is 11.9. The van der Waals surface area contributed by atoms with Gasteiger partial charge in [-0.05, 0) is 44.4 Å². The maximum Gasteiger partial charge on any atom is 0.211 e. The number of hydrogen-bond donors (Lipinski definition) is 2. The minimum Gasteiger partial charge on any atom is -0.385 e. The summed E-state index contributed by atoms with van der Waals surface area (Å²) in [6.07, 6.45) is 7.87. The molecule has 0 radical (unpaired) electrons. The number of ether oxygens (including phenoxy) is 1. The number of nitrogens with zero attached hydrogens (tertiary/aromatic N) is 2. The molecule has 25 heavy (non-hydrogen) atoms. The van der Waals surface area contributed by atoms with Crippen LogP contribution >= 0.6 is 0 Å². The molecule has 0 aromatic carbocycles. The van der Waals surface area contributed by atoms with E-state index in [1.165, 1.54) is 25.5 Å². The summed E-state index contributed by atoms with van der Waals surface area (Å²) in [6.45, 7) is 5.64. The van der Waals surface area contributed by atoms with Gasteiger partial charge in [0.15, 0.2) is 5.96 Å². The van der Waals surface area contributed by atoms with Crippen LogP contribution in [0.25, 0.3) is 0 Å². The van der Waals surface area contributed by atoms with Crippen molar-refractivity contribution in [1.29, 1.82) is 0 Å². The zero-order chi connectivity index (χ0) is 18.3. The fourth-order valence-electron chi connectivity index (χ4n) is 3.74. The molecule has 0 aromatic heterocycles. The normalized spacial score (nSPS) is 24.1. The predicted molar refractivity (Wildman–Crippen MR) is 101 cm³/mol. The lowest BCUT2D eigenvalue weighted by molar-refractivity contribution is 0.0778. The van der Waals surface area contributed by atoms with Crippen molar-refractivity contribution in [3.05, 3.63) is 0 Å². The Kier molecular flexibility index (Phi) is 7.51. The van der Waals surface area contributed by atoms with Gasteiger partial charge in [-0.2, -0.15) is 4.31 Å². The van der Waals surface area contributed by atoms with Crippen LogP contribution < -0.4 is 10.6 Å². The third-order valence-corrected chi connectivity index (χ3v) is 6.75. The maximum atomic E-state index is 11.9. The highest BCUT2D eigenvalue weighted by Crippen LogP contribution is 2.44. The monoisotopic (exact) mass is 374 g/mol. The SMILES string of the molecule is CCNC(=NCC1(CCOC)CCC1)NC[C@H]1CCCN1S(C)(=O)=O. The second-order valence-electron chi connectivity index (χ2n) is 7.34. The Morgan fingerprint density at radius 3 is 2.64 bits per heavy atom. The average molecular weight is 375 g/mol. The van der Waals surface area contributed by atoms with Crippen LogP contribution in [0.4, 0.5) is 0 Å². The van der Waals surface area contributed by atoms with Gasteiger partial charge in [-0.25, -0.2) is 8.42 Å². The first-order valence-electron chi connectivity index (χ1n) is 9.38. The largest absolute Gasteiger partial charge is 0.385 e. The van der Waals surface area contributed by atoms with Crippen molar-refractivity contribution in [3.63, 3.8) is 0 Å². The second-order valence-corrected chi connectivity index (χ2v) is 9.28. The topological polar surface area (TPSA) is 83.0 Å². The van der Waals surface area contributed by atoms with Gasteiger partial charge >= 0.3 is 0 Å². The zero-order valence-corrected chi connectivity index (χ0v) is 16.7. The molecule has 0 aromatic rings. The summed E-state index contributed by atoms with van der Waals surface area (Å²) in [4.78, 5) is 4.78. The maximum absolute atomic E-state index is 11.9. The first-order valence-corrected chi connectivity index (χ1v) is 11.2. The summed E-state index contributed by atoms with van der Waals surface area (Å²) in [5, 5.41) is 6.62. The molecule has 2 fully saturated rings. The smallest absolute Gasteiger partial charge is 0.211 e. The molecule has 0 spiro atoms. The van der Waals surface area contributed by atoms with Gasteiger partial charge in [0.2, 0.25) is 10.0 Å². The van der Waals surface area contributed by atoms with Crippen molar-refractivity contribution >= 4 is 16.0 Å². The Hall–Kier alpha value is -0.860.